The summed E-state index contributed by atoms with van der Waals surface area (Å²) >= 11 is 0. The van der Waals surface area contributed by atoms with E-state index in [-0.39, 0.29) is 36.4 Å². The molecule has 7 nitrogen and oxygen atoms in total. The fourth-order valence-corrected chi connectivity index (χ4v) is 4.95. The summed E-state index contributed by atoms with van der Waals surface area (Å²) in [6.45, 7) is 5.40. The summed E-state index contributed by atoms with van der Waals surface area (Å²) < 4.78 is 41.0. The van der Waals surface area contributed by atoms with Crippen LogP contribution in [-0.2, 0) is 16.0 Å². The third-order valence-corrected chi connectivity index (χ3v) is 7.08. The molecule has 1 saturated heterocycles. The molecule has 2 aliphatic heterocycles. The predicted molar refractivity (Wildman–Crippen MR) is 132 cm³/mol. The van der Waals surface area contributed by atoms with Gasteiger partial charge in [0.15, 0.2) is 0 Å². The van der Waals surface area contributed by atoms with Gasteiger partial charge in [-0.05, 0) is 49.3 Å². The topological polar surface area (TPSA) is 99.5 Å². The molecule has 1 aromatic rings. The zero-order valence-corrected chi connectivity index (χ0v) is 20.2. The highest BCUT2D eigenvalue weighted by Gasteiger charge is 2.41. The molecule has 1 aromatic carbocycles. The number of amides is 2. The van der Waals surface area contributed by atoms with E-state index in [9.17, 15) is 22.8 Å². The number of benzene rings is 1. The normalized spacial score (nSPS) is 23.3. The maximum atomic E-state index is 13.7. The van der Waals surface area contributed by atoms with E-state index >= 15 is 0 Å². The Bertz CT molecular complexity index is 1010. The van der Waals surface area contributed by atoms with Gasteiger partial charge in [0.2, 0.25) is 11.8 Å². The monoisotopic (exact) mass is 505 g/mol. The van der Waals surface area contributed by atoms with Crippen molar-refractivity contribution in [2.24, 2.45) is 11.7 Å². The van der Waals surface area contributed by atoms with E-state index in [0.29, 0.717) is 18.5 Å². The largest absolute Gasteiger partial charge is 0.413 e. The van der Waals surface area contributed by atoms with Crippen molar-refractivity contribution in [3.05, 3.63) is 53.6 Å². The Hall–Kier alpha value is -2.85. The number of piperidine rings is 1. The van der Waals surface area contributed by atoms with E-state index in [4.69, 9.17) is 5.73 Å². The lowest BCUT2D eigenvalue weighted by atomic mass is 9.85. The first-order valence-electron chi connectivity index (χ1n) is 12.5. The quantitative estimate of drug-likeness (QED) is 0.387. The Morgan fingerprint density at radius 2 is 1.92 bits per heavy atom. The van der Waals surface area contributed by atoms with Gasteiger partial charge in [0, 0.05) is 48.9 Å². The Morgan fingerprint density at radius 3 is 2.56 bits per heavy atom. The second kappa shape index (κ2) is 11.0. The lowest BCUT2D eigenvalue weighted by Crippen LogP contribution is -2.44. The van der Waals surface area contributed by atoms with Gasteiger partial charge in [0.25, 0.3) is 0 Å². The first-order chi connectivity index (χ1) is 17.1. The molecular formula is C26H34F3N5O2. The average Bonchev–Trinajstić information content (AvgIpc) is 3.67. The minimum Gasteiger partial charge on any atom is -0.382 e. The summed E-state index contributed by atoms with van der Waals surface area (Å²) in [7, 11) is 0. The number of anilines is 1. The standard InChI is InChI=1S/C26H34F3N5O2/c1-16(26(27,28)29)24-20-5-2-6-22(32-18-9-12-34(13-10-18)15-23(30)35)21(20)14-19(33-24)4-3-11-31-25(36)17-7-8-17/h2-6,17-19,24,32-33H,1,7-15H2,(H2,30,35)(H,31,36)/b4-3+. The van der Waals surface area contributed by atoms with Crippen LogP contribution >= 0.6 is 0 Å². The number of fused-ring (bicyclic) bond motifs is 1. The zero-order valence-electron chi connectivity index (χ0n) is 20.2. The van der Waals surface area contributed by atoms with Gasteiger partial charge in [-0.15, -0.1) is 0 Å². The fraction of sp³-hybridized carbons (Fsp3) is 0.538. The van der Waals surface area contributed by atoms with E-state index in [1.54, 1.807) is 18.2 Å². The molecule has 3 aliphatic rings. The molecule has 196 valence electrons. The van der Waals surface area contributed by atoms with E-state index in [1.165, 1.54) is 0 Å². The van der Waals surface area contributed by atoms with E-state index in [0.717, 1.165) is 50.0 Å². The van der Waals surface area contributed by atoms with Crippen molar-refractivity contribution in [3.8, 4) is 0 Å². The Kier molecular flexibility index (Phi) is 8.04. The van der Waals surface area contributed by atoms with Crippen molar-refractivity contribution in [1.29, 1.82) is 0 Å². The van der Waals surface area contributed by atoms with Crippen LogP contribution < -0.4 is 21.7 Å². The molecule has 2 heterocycles. The van der Waals surface area contributed by atoms with Crippen LogP contribution in [0.5, 0.6) is 0 Å². The third kappa shape index (κ3) is 6.67. The van der Waals surface area contributed by atoms with Gasteiger partial charge in [0.05, 0.1) is 12.6 Å². The van der Waals surface area contributed by atoms with E-state index < -0.39 is 17.8 Å². The molecule has 36 heavy (non-hydrogen) atoms. The minimum atomic E-state index is -4.53. The summed E-state index contributed by atoms with van der Waals surface area (Å²) in [5, 5.41) is 9.48. The molecule has 2 unspecified atom stereocenters. The number of primary amides is 1. The summed E-state index contributed by atoms with van der Waals surface area (Å²) in [6, 6.07) is 4.13. The van der Waals surface area contributed by atoms with Crippen molar-refractivity contribution < 1.29 is 22.8 Å². The number of hydrogen-bond donors (Lipinski definition) is 4. The number of nitrogens with one attached hydrogen (secondary N) is 3. The van der Waals surface area contributed by atoms with Crippen LogP contribution in [0.25, 0.3) is 0 Å². The van der Waals surface area contributed by atoms with Crippen molar-refractivity contribution >= 4 is 17.5 Å². The molecule has 0 spiro atoms. The van der Waals surface area contributed by atoms with Crippen LogP contribution in [0.4, 0.5) is 18.9 Å². The first-order valence-corrected chi connectivity index (χ1v) is 12.5. The highest BCUT2D eigenvalue weighted by molar-refractivity contribution is 5.80. The number of carbonyl (C=O) groups is 2. The van der Waals surface area contributed by atoms with Crippen LogP contribution in [0.3, 0.4) is 0 Å². The van der Waals surface area contributed by atoms with Crippen molar-refractivity contribution in [3.63, 3.8) is 0 Å². The number of carbonyl (C=O) groups excluding carboxylic acids is 2. The Morgan fingerprint density at radius 1 is 1.19 bits per heavy atom. The second-order valence-electron chi connectivity index (χ2n) is 9.92. The molecule has 4 rings (SSSR count). The van der Waals surface area contributed by atoms with Gasteiger partial charge >= 0.3 is 6.18 Å². The van der Waals surface area contributed by atoms with Gasteiger partial charge < -0.3 is 16.4 Å². The summed E-state index contributed by atoms with van der Waals surface area (Å²) in [5.41, 5.74) is 6.69. The molecule has 1 aliphatic carbocycles. The number of rotatable bonds is 9. The summed E-state index contributed by atoms with van der Waals surface area (Å²) in [5.74, 6) is -0.222. The SMILES string of the molecule is C=C(C1NC(/C=C/CNC(=O)C2CC2)Cc2c(NC3CCN(CC(N)=O)CC3)cccc21)C(F)(F)F. The van der Waals surface area contributed by atoms with E-state index in [1.807, 2.05) is 17.0 Å². The van der Waals surface area contributed by atoms with Crippen molar-refractivity contribution in [2.45, 2.75) is 56.4 Å². The zero-order chi connectivity index (χ0) is 25.9. The molecule has 0 radical (unpaired) electrons. The molecule has 0 bridgehead atoms. The highest BCUT2D eigenvalue weighted by atomic mass is 19.4. The number of nitrogens with zero attached hydrogens (tertiary/aromatic N) is 1. The highest BCUT2D eigenvalue weighted by Crippen LogP contribution is 2.40. The lowest BCUT2D eigenvalue weighted by Gasteiger charge is -2.37. The molecule has 2 fully saturated rings. The van der Waals surface area contributed by atoms with Gasteiger partial charge in [-0.3, -0.25) is 19.8 Å². The van der Waals surface area contributed by atoms with Crippen LogP contribution in [0, 0.1) is 5.92 Å². The van der Waals surface area contributed by atoms with Gasteiger partial charge in [-0.25, -0.2) is 0 Å². The van der Waals surface area contributed by atoms with Crippen molar-refractivity contribution in [2.75, 3.05) is 31.5 Å². The summed E-state index contributed by atoms with van der Waals surface area (Å²) in [4.78, 5) is 25.1. The van der Waals surface area contributed by atoms with Gasteiger partial charge in [-0.2, -0.15) is 13.2 Å². The number of hydrogen-bond acceptors (Lipinski definition) is 5. The maximum Gasteiger partial charge on any atom is 0.413 e. The lowest BCUT2D eigenvalue weighted by molar-refractivity contribution is -0.122. The molecular weight excluding hydrogens is 471 g/mol. The van der Waals surface area contributed by atoms with Gasteiger partial charge in [0.1, 0.15) is 0 Å². The molecule has 5 N–H and O–H groups in total. The second-order valence-corrected chi connectivity index (χ2v) is 9.92. The smallest absolute Gasteiger partial charge is 0.382 e. The molecule has 10 heteroatoms. The molecule has 2 atom stereocenters. The fourth-order valence-electron chi connectivity index (χ4n) is 4.95. The van der Waals surface area contributed by atoms with Crippen molar-refractivity contribution in [1.82, 2.24) is 15.5 Å². The number of nitrogens with two attached hydrogens (primary N) is 1. The number of likely N-dealkylation sites (tertiary alicyclic amines) is 1. The van der Waals surface area contributed by atoms with Crippen LogP contribution in [0.1, 0.15) is 42.9 Å². The van der Waals surface area contributed by atoms with Gasteiger partial charge in [-0.1, -0.05) is 30.9 Å². The minimum absolute atomic E-state index is 0.0262. The average molecular weight is 506 g/mol. The third-order valence-electron chi connectivity index (χ3n) is 7.08. The molecule has 2 amide bonds. The first kappa shape index (κ1) is 26.2. The molecule has 1 saturated carbocycles. The summed E-state index contributed by atoms with van der Waals surface area (Å²) in [6.07, 6.45) is 3.03. The number of halogens is 3. The van der Waals surface area contributed by atoms with Crippen LogP contribution in [-0.4, -0.2) is 61.2 Å². The Labute approximate surface area is 209 Å². The number of alkyl halides is 3. The van der Waals surface area contributed by atoms with E-state index in [2.05, 4.69) is 22.5 Å². The predicted octanol–water partition coefficient (Wildman–Crippen LogP) is 2.80. The maximum absolute atomic E-state index is 13.7. The Balaban J connectivity index is 1.48. The molecule has 0 aromatic heterocycles. The van der Waals surface area contributed by atoms with Crippen LogP contribution in [0.2, 0.25) is 0 Å². The van der Waals surface area contributed by atoms with Crippen LogP contribution in [0.15, 0.2) is 42.5 Å².